The van der Waals surface area contributed by atoms with Crippen LogP contribution in [0.4, 0.5) is 10.3 Å². The zero-order valence-corrected chi connectivity index (χ0v) is 27.8. The van der Waals surface area contributed by atoms with Crippen LogP contribution >= 0.6 is 22.7 Å². The number of hydrogen-bond acceptors (Lipinski definition) is 11. The number of rotatable bonds is 8. The van der Waals surface area contributed by atoms with E-state index in [2.05, 4.69) is 35.6 Å². The maximum atomic E-state index is 13.2. The van der Waals surface area contributed by atoms with Gasteiger partial charge in [-0.1, -0.05) is 30.3 Å². The Morgan fingerprint density at radius 1 is 0.780 bits per heavy atom. The second-order valence-electron chi connectivity index (χ2n) is 11.2. The molecule has 0 bridgehead atoms. The Hall–Kier alpha value is -6.38. The summed E-state index contributed by atoms with van der Waals surface area (Å²) in [7, 11) is 0. The van der Waals surface area contributed by atoms with Crippen LogP contribution in [-0.4, -0.2) is 41.3 Å². The van der Waals surface area contributed by atoms with Crippen molar-refractivity contribution in [2.45, 2.75) is 13.5 Å². The molecule has 0 aliphatic carbocycles. The normalized spacial score (nSPS) is 11.2. The summed E-state index contributed by atoms with van der Waals surface area (Å²) in [6.45, 7) is 1.66. The van der Waals surface area contributed by atoms with Crippen molar-refractivity contribution in [3.05, 3.63) is 124 Å². The van der Waals surface area contributed by atoms with Crippen molar-refractivity contribution in [1.29, 1.82) is 0 Å². The fourth-order valence-corrected chi connectivity index (χ4v) is 6.85. The molecule has 6 aromatic heterocycles. The largest absolute Gasteiger partial charge is 0.451 e. The number of amides is 2. The highest BCUT2D eigenvalue weighted by molar-refractivity contribution is 7.14. The predicted octanol–water partition coefficient (Wildman–Crippen LogP) is 7.05. The van der Waals surface area contributed by atoms with Gasteiger partial charge in [-0.2, -0.15) is 0 Å². The Morgan fingerprint density at radius 3 is 2.28 bits per heavy atom. The summed E-state index contributed by atoms with van der Waals surface area (Å²) in [4.78, 5) is 60.8. The molecular weight excluding hydrogens is 673 g/mol. The number of anilines is 2. The zero-order valence-electron chi connectivity index (χ0n) is 26.2. The lowest BCUT2D eigenvalue weighted by Crippen LogP contribution is -2.27. The van der Waals surface area contributed by atoms with E-state index in [1.54, 1.807) is 42.0 Å². The summed E-state index contributed by atoms with van der Waals surface area (Å²) < 4.78 is 7.23. The number of carbonyl (C=O) groups is 2. The molecular formula is C36H24N8O4S2. The minimum atomic E-state index is -0.392. The van der Waals surface area contributed by atoms with Crippen LogP contribution in [0.2, 0.25) is 0 Å². The van der Waals surface area contributed by atoms with Gasteiger partial charge in [0.25, 0.3) is 11.5 Å². The number of nitrogens with zero attached hydrogens (tertiary/aromatic N) is 6. The van der Waals surface area contributed by atoms with Crippen molar-refractivity contribution in [3.63, 3.8) is 0 Å². The first-order valence-corrected chi connectivity index (χ1v) is 17.0. The molecule has 2 amide bonds. The lowest BCUT2D eigenvalue weighted by molar-refractivity contribution is -0.116. The molecule has 0 fully saturated rings. The van der Waals surface area contributed by atoms with E-state index in [0.717, 1.165) is 22.2 Å². The highest BCUT2D eigenvalue weighted by atomic mass is 32.1. The maximum absolute atomic E-state index is 13.2. The first-order chi connectivity index (χ1) is 24.4. The molecule has 6 heterocycles. The van der Waals surface area contributed by atoms with Gasteiger partial charge in [-0.15, -0.1) is 22.7 Å². The molecule has 2 aromatic carbocycles. The van der Waals surface area contributed by atoms with E-state index in [1.807, 2.05) is 60.8 Å². The van der Waals surface area contributed by atoms with Crippen LogP contribution in [0.15, 0.2) is 111 Å². The number of para-hydroxylation sites is 1. The van der Waals surface area contributed by atoms with Crippen LogP contribution in [-0.2, 0) is 11.3 Å². The van der Waals surface area contributed by atoms with Gasteiger partial charge in [0.1, 0.15) is 23.5 Å². The molecule has 2 N–H and O–H groups in total. The summed E-state index contributed by atoms with van der Waals surface area (Å²) in [6, 6.07) is 22.1. The lowest BCUT2D eigenvalue weighted by atomic mass is 10.0. The van der Waals surface area contributed by atoms with Crippen molar-refractivity contribution in [2.24, 2.45) is 0 Å². The Morgan fingerprint density at radius 2 is 1.52 bits per heavy atom. The molecule has 0 unspecified atom stereocenters. The molecule has 0 aliphatic heterocycles. The minimum absolute atomic E-state index is 0.190. The quantitative estimate of drug-likeness (QED) is 0.170. The number of aromatic nitrogens is 6. The van der Waals surface area contributed by atoms with Gasteiger partial charge in [-0.25, -0.2) is 15.0 Å². The standard InChI is InChI=1S/C36H24N8O4S2/c1-20-24-14-21(10-12-30(24)48-32(20)33(46)43-36-41-28(17-50-36)26-8-4-5-13-37-26)22-9-11-27(38-15-22)29-18-49-35(40-29)42-31(45)16-44-19-39-25-7-3-2-6-23(25)34(44)47/h2-15,17-19H,16H2,1H3,(H,40,42,45)(H,41,43,46). The first kappa shape index (κ1) is 30.9. The highest BCUT2D eigenvalue weighted by Gasteiger charge is 2.20. The second-order valence-corrected chi connectivity index (χ2v) is 12.9. The van der Waals surface area contributed by atoms with Crippen LogP contribution in [0.3, 0.4) is 0 Å². The summed E-state index contributed by atoms with van der Waals surface area (Å²) in [5.74, 6) is -0.559. The third kappa shape index (κ3) is 6.04. The Labute approximate surface area is 291 Å². The number of nitrogens with one attached hydrogen (secondary N) is 2. The van der Waals surface area contributed by atoms with Crippen molar-refractivity contribution in [2.75, 3.05) is 10.6 Å². The van der Waals surface area contributed by atoms with Crippen LogP contribution in [0.5, 0.6) is 0 Å². The second kappa shape index (κ2) is 12.9. The molecule has 0 saturated heterocycles. The average Bonchev–Trinajstić information content (AvgIpc) is 3.89. The lowest BCUT2D eigenvalue weighted by Gasteiger charge is -2.06. The molecule has 50 heavy (non-hydrogen) atoms. The van der Waals surface area contributed by atoms with Crippen LogP contribution in [0.1, 0.15) is 16.1 Å². The van der Waals surface area contributed by atoms with E-state index in [-0.39, 0.29) is 23.8 Å². The van der Waals surface area contributed by atoms with E-state index < -0.39 is 5.91 Å². The van der Waals surface area contributed by atoms with E-state index >= 15 is 0 Å². The molecule has 12 nitrogen and oxygen atoms in total. The number of benzene rings is 2. The van der Waals surface area contributed by atoms with Crippen molar-refractivity contribution >= 4 is 66.6 Å². The summed E-state index contributed by atoms with van der Waals surface area (Å²) >= 11 is 2.58. The topological polar surface area (TPSA) is 158 Å². The molecule has 0 spiro atoms. The van der Waals surface area contributed by atoms with E-state index in [1.165, 1.54) is 33.6 Å². The number of carbonyl (C=O) groups excluding carboxylic acids is 2. The minimum Gasteiger partial charge on any atom is -0.451 e. The number of aryl methyl sites for hydroxylation is 1. The highest BCUT2D eigenvalue weighted by Crippen LogP contribution is 2.32. The smallest absolute Gasteiger partial charge is 0.293 e. The Bertz CT molecular complexity index is 2610. The summed E-state index contributed by atoms with van der Waals surface area (Å²) in [5.41, 5.74) is 6.01. The number of hydrogen-bond donors (Lipinski definition) is 2. The number of fused-ring (bicyclic) bond motifs is 2. The van der Waals surface area contributed by atoms with E-state index in [0.29, 0.717) is 49.4 Å². The van der Waals surface area contributed by atoms with Gasteiger partial charge in [0, 0.05) is 39.7 Å². The molecule has 8 rings (SSSR count). The fraction of sp³-hybridized carbons (Fsp3) is 0.0556. The van der Waals surface area contributed by atoms with Crippen LogP contribution in [0.25, 0.3) is 55.8 Å². The van der Waals surface area contributed by atoms with Gasteiger partial charge in [0.2, 0.25) is 5.91 Å². The van der Waals surface area contributed by atoms with Crippen LogP contribution in [0, 0.1) is 6.92 Å². The molecule has 0 saturated carbocycles. The number of thiazole rings is 2. The van der Waals surface area contributed by atoms with Crippen LogP contribution < -0.4 is 16.2 Å². The monoisotopic (exact) mass is 696 g/mol. The zero-order chi connectivity index (χ0) is 34.2. The summed E-state index contributed by atoms with van der Waals surface area (Å²) in [6.07, 6.45) is 4.81. The maximum Gasteiger partial charge on any atom is 0.293 e. The molecule has 0 aliphatic rings. The molecule has 8 aromatic rings. The van der Waals surface area contributed by atoms with Crippen molar-refractivity contribution < 1.29 is 14.0 Å². The average molecular weight is 697 g/mol. The first-order valence-electron chi connectivity index (χ1n) is 15.3. The van der Waals surface area contributed by atoms with Gasteiger partial charge in [-0.05, 0) is 55.0 Å². The molecule has 0 radical (unpaired) electrons. The molecule has 244 valence electrons. The number of pyridine rings is 2. The van der Waals surface area contributed by atoms with Crippen molar-refractivity contribution in [1.82, 2.24) is 29.5 Å². The van der Waals surface area contributed by atoms with Gasteiger partial charge >= 0.3 is 0 Å². The summed E-state index contributed by atoms with van der Waals surface area (Å²) in [5, 5.41) is 11.4. The SMILES string of the molecule is Cc1c(C(=O)Nc2nc(-c3ccccn3)cs2)oc2ccc(-c3ccc(-c4csc(NC(=O)Cn5cnc6ccccc6c5=O)n4)nc3)cc12. The van der Waals surface area contributed by atoms with Gasteiger partial charge in [0.05, 0.1) is 28.6 Å². The fourth-order valence-electron chi connectivity index (χ4n) is 5.43. The van der Waals surface area contributed by atoms with E-state index in [9.17, 15) is 14.4 Å². The van der Waals surface area contributed by atoms with Gasteiger partial charge in [0.15, 0.2) is 16.0 Å². The predicted molar refractivity (Wildman–Crippen MR) is 193 cm³/mol. The van der Waals surface area contributed by atoms with E-state index in [4.69, 9.17) is 4.42 Å². The molecule has 0 atom stereocenters. The number of furan rings is 1. The van der Waals surface area contributed by atoms with Gasteiger partial charge in [-0.3, -0.25) is 34.2 Å². The molecule has 14 heteroatoms. The Balaban J connectivity index is 0.941. The third-order valence-corrected chi connectivity index (χ3v) is 9.47. The Kier molecular flexibility index (Phi) is 7.98. The van der Waals surface area contributed by atoms with Gasteiger partial charge < -0.3 is 9.73 Å². The van der Waals surface area contributed by atoms with Crippen molar-refractivity contribution in [3.8, 4) is 33.9 Å². The third-order valence-electron chi connectivity index (χ3n) is 7.95.